The molecule has 1 N–H and O–H groups in total. The van der Waals surface area contributed by atoms with Crippen molar-refractivity contribution in [2.45, 2.75) is 20.3 Å². The second-order valence-electron chi connectivity index (χ2n) is 5.44. The second kappa shape index (κ2) is 7.06. The molecule has 0 fully saturated rings. The van der Waals surface area contributed by atoms with Crippen LogP contribution in [0.3, 0.4) is 0 Å². The zero-order valence-corrected chi connectivity index (χ0v) is 12.4. The third-order valence-electron chi connectivity index (χ3n) is 2.70. The molecule has 0 aromatic carbocycles. The van der Waals surface area contributed by atoms with E-state index < -0.39 is 10.1 Å². The van der Waals surface area contributed by atoms with Crippen molar-refractivity contribution >= 4 is 16.0 Å². The highest BCUT2D eigenvalue weighted by Gasteiger charge is 2.16. The Labute approximate surface area is 110 Å². The van der Waals surface area contributed by atoms with E-state index >= 15 is 0 Å². The van der Waals surface area contributed by atoms with Crippen LogP contribution in [0.15, 0.2) is 0 Å². The molecule has 108 valence electrons. The monoisotopic (exact) mass is 280 g/mol. The molecule has 0 aromatic heterocycles. The third kappa shape index (κ3) is 9.38. The van der Waals surface area contributed by atoms with E-state index in [1.165, 1.54) is 0 Å². The molecule has 0 heterocycles. The maximum atomic E-state index is 11.3. The molecule has 7 heteroatoms. The Morgan fingerprint density at radius 3 is 2.28 bits per heavy atom. The van der Waals surface area contributed by atoms with E-state index in [9.17, 15) is 17.8 Å². The Kier molecular flexibility index (Phi) is 6.80. The first-order valence-corrected chi connectivity index (χ1v) is 7.64. The molecular weight excluding hydrogens is 256 g/mol. The summed E-state index contributed by atoms with van der Waals surface area (Å²) in [4.78, 5) is 11.3. The Bertz CT molecular complexity index is 363. The quantitative estimate of drug-likeness (QED) is 0.491. The Morgan fingerprint density at radius 1 is 1.28 bits per heavy atom. The van der Waals surface area contributed by atoms with Crippen molar-refractivity contribution in [2.24, 2.45) is 5.92 Å². The topological polar surface area (TPSA) is 86.3 Å². The number of hydrogen-bond acceptors (Lipinski definition) is 4. The number of likely N-dealkylation sites (N-methyl/N-ethyl adjacent to an activating group) is 1. The van der Waals surface area contributed by atoms with Gasteiger partial charge in [0.2, 0.25) is 5.91 Å². The Balaban J connectivity index is 3.90. The minimum absolute atomic E-state index is 0.0112. The van der Waals surface area contributed by atoms with E-state index in [1.54, 1.807) is 0 Å². The number of carbonyl (C=O) groups excluding carboxylic acids is 1. The molecule has 1 amide bonds. The van der Waals surface area contributed by atoms with E-state index in [1.807, 2.05) is 27.9 Å². The smallest absolute Gasteiger partial charge is 0.222 e. The first-order chi connectivity index (χ1) is 8.03. The van der Waals surface area contributed by atoms with E-state index in [-0.39, 0.29) is 17.6 Å². The fourth-order valence-corrected chi connectivity index (χ4v) is 1.95. The lowest BCUT2D eigenvalue weighted by molar-refractivity contribution is -0.889. The van der Waals surface area contributed by atoms with Gasteiger partial charge in [-0.25, -0.2) is 8.42 Å². The zero-order chi connectivity index (χ0) is 14.4. The number of rotatable bonds is 8. The van der Waals surface area contributed by atoms with Crippen LogP contribution in [0.2, 0.25) is 0 Å². The number of nitrogens with zero attached hydrogens (tertiary/aromatic N) is 1. The van der Waals surface area contributed by atoms with E-state index in [4.69, 9.17) is 0 Å². The van der Waals surface area contributed by atoms with Gasteiger partial charge in [0.25, 0.3) is 0 Å². The summed E-state index contributed by atoms with van der Waals surface area (Å²) < 4.78 is 32.0. The maximum Gasteiger partial charge on any atom is 0.222 e. The van der Waals surface area contributed by atoms with Crippen LogP contribution in [-0.2, 0) is 14.9 Å². The SMILES string of the molecule is CC(C)C(=O)NCC[N+](C)(C)CCCS(=O)(=O)[O-]. The van der Waals surface area contributed by atoms with Crippen LogP contribution in [0.1, 0.15) is 20.3 Å². The van der Waals surface area contributed by atoms with Crippen LogP contribution in [0.25, 0.3) is 0 Å². The minimum atomic E-state index is -4.12. The predicted molar refractivity (Wildman–Crippen MR) is 68.9 cm³/mol. The summed E-state index contributed by atoms with van der Waals surface area (Å²) in [6.45, 7) is 5.51. The highest BCUT2D eigenvalue weighted by molar-refractivity contribution is 7.85. The fraction of sp³-hybridized carbons (Fsp3) is 0.909. The van der Waals surface area contributed by atoms with Gasteiger partial charge in [0.15, 0.2) is 0 Å². The van der Waals surface area contributed by atoms with Gasteiger partial charge in [-0.2, -0.15) is 0 Å². The molecular formula is C11H24N2O4S. The van der Waals surface area contributed by atoms with Gasteiger partial charge in [-0.05, 0) is 0 Å². The highest BCUT2D eigenvalue weighted by atomic mass is 32.2. The number of amides is 1. The average molecular weight is 280 g/mol. The van der Waals surface area contributed by atoms with Gasteiger partial charge in [0.05, 0.1) is 43.8 Å². The molecule has 0 saturated heterocycles. The lowest BCUT2D eigenvalue weighted by atomic mass is 10.2. The standard InChI is InChI=1S/C11H24N2O4S/c1-10(2)11(14)12-6-8-13(3,4)7-5-9-18(15,16)17/h10H,5-9H2,1-4H3,(H-,12,14,15,16,17). The van der Waals surface area contributed by atoms with Gasteiger partial charge in [-0.1, -0.05) is 13.8 Å². The average Bonchev–Trinajstić information content (AvgIpc) is 2.14. The van der Waals surface area contributed by atoms with Crippen LogP contribution < -0.4 is 5.32 Å². The number of carbonyl (C=O) groups is 1. The Hall–Kier alpha value is -0.660. The van der Waals surface area contributed by atoms with Crippen LogP contribution in [0.4, 0.5) is 0 Å². The van der Waals surface area contributed by atoms with Crippen LogP contribution in [0, 0.1) is 5.92 Å². The number of nitrogens with one attached hydrogen (secondary N) is 1. The molecule has 0 unspecified atom stereocenters. The molecule has 0 bridgehead atoms. The molecule has 0 aliphatic rings. The molecule has 0 saturated carbocycles. The summed E-state index contributed by atoms with van der Waals surface area (Å²) in [5, 5.41) is 2.81. The highest BCUT2D eigenvalue weighted by Crippen LogP contribution is 2.00. The zero-order valence-electron chi connectivity index (χ0n) is 11.6. The molecule has 0 aliphatic heterocycles. The summed E-state index contributed by atoms with van der Waals surface area (Å²) in [5.74, 6) is -0.351. The Morgan fingerprint density at radius 2 is 1.83 bits per heavy atom. The second-order valence-corrected chi connectivity index (χ2v) is 6.97. The van der Waals surface area contributed by atoms with Gasteiger partial charge in [0, 0.05) is 18.1 Å². The molecule has 6 nitrogen and oxygen atoms in total. The van der Waals surface area contributed by atoms with Gasteiger partial charge in [0.1, 0.15) is 0 Å². The maximum absolute atomic E-state index is 11.3. The minimum Gasteiger partial charge on any atom is -0.748 e. The van der Waals surface area contributed by atoms with Crippen molar-refractivity contribution in [2.75, 3.05) is 39.5 Å². The summed E-state index contributed by atoms with van der Waals surface area (Å²) in [7, 11) is -0.235. The molecule has 0 radical (unpaired) electrons. The van der Waals surface area contributed by atoms with E-state index in [0.29, 0.717) is 30.5 Å². The summed E-state index contributed by atoms with van der Waals surface area (Å²) in [6.07, 6.45) is 0.344. The van der Waals surface area contributed by atoms with Gasteiger partial charge in [-0.3, -0.25) is 4.79 Å². The first kappa shape index (κ1) is 17.3. The van der Waals surface area contributed by atoms with Crippen LogP contribution >= 0.6 is 0 Å². The van der Waals surface area contributed by atoms with Gasteiger partial charge < -0.3 is 14.4 Å². The van der Waals surface area contributed by atoms with Crippen molar-refractivity contribution < 1.29 is 22.2 Å². The van der Waals surface area contributed by atoms with E-state index in [2.05, 4.69) is 5.32 Å². The summed E-state index contributed by atoms with van der Waals surface area (Å²) in [5.41, 5.74) is 0. The third-order valence-corrected chi connectivity index (χ3v) is 3.49. The number of quaternary nitrogens is 1. The van der Waals surface area contributed by atoms with Crippen molar-refractivity contribution in [3.05, 3.63) is 0 Å². The first-order valence-electron chi connectivity index (χ1n) is 6.07. The van der Waals surface area contributed by atoms with Gasteiger partial charge >= 0.3 is 0 Å². The molecule has 0 atom stereocenters. The normalized spacial score (nSPS) is 12.8. The molecule has 18 heavy (non-hydrogen) atoms. The largest absolute Gasteiger partial charge is 0.748 e. The van der Waals surface area contributed by atoms with Crippen molar-refractivity contribution in [1.82, 2.24) is 5.32 Å². The predicted octanol–water partition coefficient (Wildman–Crippen LogP) is -0.230. The molecule has 0 aromatic rings. The summed E-state index contributed by atoms with van der Waals surface area (Å²) >= 11 is 0. The van der Waals surface area contributed by atoms with Crippen molar-refractivity contribution in [3.63, 3.8) is 0 Å². The van der Waals surface area contributed by atoms with E-state index in [0.717, 1.165) is 0 Å². The molecule has 0 rings (SSSR count). The lowest BCUT2D eigenvalue weighted by Crippen LogP contribution is -2.46. The fourth-order valence-electron chi connectivity index (χ4n) is 1.47. The van der Waals surface area contributed by atoms with Crippen LogP contribution in [-0.4, -0.2) is 62.8 Å². The molecule has 0 spiro atoms. The van der Waals surface area contributed by atoms with Crippen molar-refractivity contribution in [1.29, 1.82) is 0 Å². The lowest BCUT2D eigenvalue weighted by Gasteiger charge is -2.30. The molecule has 0 aliphatic carbocycles. The summed E-state index contributed by atoms with van der Waals surface area (Å²) in [6, 6.07) is 0. The number of hydrogen-bond donors (Lipinski definition) is 1. The van der Waals surface area contributed by atoms with Crippen LogP contribution in [0.5, 0.6) is 0 Å². The van der Waals surface area contributed by atoms with Gasteiger partial charge in [-0.15, -0.1) is 0 Å². The van der Waals surface area contributed by atoms with Crippen molar-refractivity contribution in [3.8, 4) is 0 Å².